The molecule has 7 nitrogen and oxygen atoms in total. The summed E-state index contributed by atoms with van der Waals surface area (Å²) >= 11 is 0. The summed E-state index contributed by atoms with van der Waals surface area (Å²) in [7, 11) is 5.60. The van der Waals surface area contributed by atoms with Gasteiger partial charge in [-0.1, -0.05) is 30.3 Å². The summed E-state index contributed by atoms with van der Waals surface area (Å²) in [6.07, 6.45) is 1.15. The third-order valence-corrected chi connectivity index (χ3v) is 4.64. The Morgan fingerprint density at radius 1 is 0.903 bits per heavy atom. The molecule has 1 heterocycles. The molecule has 0 atom stereocenters. The van der Waals surface area contributed by atoms with E-state index in [0.717, 1.165) is 22.6 Å². The van der Waals surface area contributed by atoms with Crippen molar-refractivity contribution in [3.8, 4) is 11.6 Å². The van der Waals surface area contributed by atoms with E-state index in [4.69, 9.17) is 14.2 Å². The standard InChI is InChI=1S/C24H27N3O4/c1-26(2)21-11-7-19(8-12-21)16-27(17-20-9-13-22(29-3)14-10-20)24(28)31-18-30-23-6-4-5-15-25-23/h4-15H,16-18H2,1-3H3. The average molecular weight is 421 g/mol. The van der Waals surface area contributed by atoms with E-state index in [1.807, 2.05) is 67.5 Å². The Bertz CT molecular complexity index is 945. The minimum absolute atomic E-state index is 0.214. The van der Waals surface area contributed by atoms with Crippen LogP contribution in [-0.2, 0) is 17.8 Å². The number of hydrogen-bond acceptors (Lipinski definition) is 6. The Hall–Kier alpha value is -3.74. The molecule has 1 amide bonds. The number of ether oxygens (including phenoxy) is 3. The van der Waals surface area contributed by atoms with E-state index in [9.17, 15) is 4.79 Å². The summed E-state index contributed by atoms with van der Waals surface area (Å²) in [5, 5.41) is 0. The molecule has 1 aromatic heterocycles. The van der Waals surface area contributed by atoms with Crippen molar-refractivity contribution in [2.24, 2.45) is 0 Å². The molecule has 0 saturated heterocycles. The molecule has 7 heteroatoms. The SMILES string of the molecule is COc1ccc(CN(Cc2ccc(N(C)C)cc2)C(=O)OCOc2ccccn2)cc1. The lowest BCUT2D eigenvalue weighted by molar-refractivity contribution is 0.0298. The average Bonchev–Trinajstić information content (AvgIpc) is 2.80. The van der Waals surface area contributed by atoms with Gasteiger partial charge in [0.15, 0.2) is 0 Å². The third-order valence-electron chi connectivity index (χ3n) is 4.64. The van der Waals surface area contributed by atoms with Crippen molar-refractivity contribution in [1.29, 1.82) is 0 Å². The van der Waals surface area contributed by atoms with Gasteiger partial charge in [0.25, 0.3) is 0 Å². The van der Waals surface area contributed by atoms with Gasteiger partial charge in [0.1, 0.15) is 5.75 Å². The molecule has 31 heavy (non-hydrogen) atoms. The van der Waals surface area contributed by atoms with E-state index in [2.05, 4.69) is 4.98 Å². The van der Waals surface area contributed by atoms with Crippen LogP contribution in [-0.4, -0.2) is 44.0 Å². The number of anilines is 1. The van der Waals surface area contributed by atoms with Crippen molar-refractivity contribution >= 4 is 11.8 Å². The first kappa shape index (κ1) is 22.0. The van der Waals surface area contributed by atoms with Crippen LogP contribution in [0.1, 0.15) is 11.1 Å². The second-order valence-corrected chi connectivity index (χ2v) is 7.11. The lowest BCUT2D eigenvalue weighted by atomic mass is 10.1. The highest BCUT2D eigenvalue weighted by atomic mass is 16.7. The van der Waals surface area contributed by atoms with Crippen molar-refractivity contribution < 1.29 is 19.0 Å². The van der Waals surface area contributed by atoms with Crippen molar-refractivity contribution in [2.75, 3.05) is 32.9 Å². The number of benzene rings is 2. The highest BCUT2D eigenvalue weighted by Gasteiger charge is 2.17. The number of carbonyl (C=O) groups is 1. The normalized spacial score (nSPS) is 10.3. The first-order chi connectivity index (χ1) is 15.0. The molecule has 0 unspecified atom stereocenters. The molecule has 0 bridgehead atoms. The lowest BCUT2D eigenvalue weighted by Crippen LogP contribution is -2.31. The van der Waals surface area contributed by atoms with Gasteiger partial charge in [-0.05, 0) is 41.5 Å². The molecule has 0 aliphatic carbocycles. The van der Waals surface area contributed by atoms with Crippen LogP contribution >= 0.6 is 0 Å². The van der Waals surface area contributed by atoms with Crippen molar-refractivity contribution in [3.05, 3.63) is 84.1 Å². The van der Waals surface area contributed by atoms with Crippen LogP contribution in [0.5, 0.6) is 11.6 Å². The maximum Gasteiger partial charge on any atom is 0.413 e. The molecule has 0 saturated carbocycles. The zero-order chi connectivity index (χ0) is 22.1. The van der Waals surface area contributed by atoms with Gasteiger partial charge >= 0.3 is 6.09 Å². The quantitative estimate of drug-likeness (QED) is 0.479. The zero-order valence-corrected chi connectivity index (χ0v) is 18.0. The van der Waals surface area contributed by atoms with Gasteiger partial charge in [-0.15, -0.1) is 0 Å². The molecular weight excluding hydrogens is 394 g/mol. The number of nitrogens with zero attached hydrogens (tertiary/aromatic N) is 3. The van der Waals surface area contributed by atoms with Crippen molar-refractivity contribution in [2.45, 2.75) is 13.1 Å². The Kier molecular flexibility index (Phi) is 7.70. The van der Waals surface area contributed by atoms with E-state index in [0.29, 0.717) is 19.0 Å². The van der Waals surface area contributed by atoms with Crippen LogP contribution < -0.4 is 14.4 Å². The van der Waals surface area contributed by atoms with Gasteiger partial charge in [-0.25, -0.2) is 9.78 Å². The number of methoxy groups -OCH3 is 1. The molecule has 0 aliphatic rings. The Labute approximate surface area is 182 Å². The van der Waals surface area contributed by atoms with Crippen LogP contribution in [0.2, 0.25) is 0 Å². The predicted octanol–water partition coefficient (Wildman–Crippen LogP) is 4.33. The molecular formula is C24H27N3O4. The van der Waals surface area contributed by atoms with E-state index in [1.54, 1.807) is 36.4 Å². The fourth-order valence-electron chi connectivity index (χ4n) is 2.92. The number of carbonyl (C=O) groups excluding carboxylic acids is 1. The zero-order valence-electron chi connectivity index (χ0n) is 18.0. The second kappa shape index (κ2) is 10.9. The summed E-state index contributed by atoms with van der Waals surface area (Å²) in [5.74, 6) is 1.16. The monoisotopic (exact) mass is 421 g/mol. The van der Waals surface area contributed by atoms with Crippen LogP contribution in [0.15, 0.2) is 72.9 Å². The summed E-state index contributed by atoms with van der Waals surface area (Å²) in [6.45, 7) is 0.582. The van der Waals surface area contributed by atoms with Crippen LogP contribution in [0, 0.1) is 0 Å². The highest BCUT2D eigenvalue weighted by Crippen LogP contribution is 2.18. The van der Waals surface area contributed by atoms with Gasteiger partial charge in [-0.3, -0.25) is 4.90 Å². The number of rotatable bonds is 9. The van der Waals surface area contributed by atoms with E-state index < -0.39 is 6.09 Å². The maximum absolute atomic E-state index is 12.8. The summed E-state index contributed by atoms with van der Waals surface area (Å²) in [6, 6.07) is 21.0. The summed E-state index contributed by atoms with van der Waals surface area (Å²) in [4.78, 5) is 20.5. The predicted molar refractivity (Wildman–Crippen MR) is 119 cm³/mol. The summed E-state index contributed by atoms with van der Waals surface area (Å²) < 4.78 is 16.0. The van der Waals surface area contributed by atoms with Crippen molar-refractivity contribution in [3.63, 3.8) is 0 Å². The van der Waals surface area contributed by atoms with Crippen LogP contribution in [0.3, 0.4) is 0 Å². The highest BCUT2D eigenvalue weighted by molar-refractivity contribution is 5.67. The smallest absolute Gasteiger partial charge is 0.413 e. The number of aromatic nitrogens is 1. The third kappa shape index (κ3) is 6.64. The second-order valence-electron chi connectivity index (χ2n) is 7.11. The molecule has 0 fully saturated rings. The molecule has 3 rings (SSSR count). The van der Waals surface area contributed by atoms with Gasteiger partial charge < -0.3 is 19.1 Å². The molecule has 3 aromatic rings. The fourth-order valence-corrected chi connectivity index (χ4v) is 2.92. The Morgan fingerprint density at radius 2 is 1.55 bits per heavy atom. The van der Waals surface area contributed by atoms with Crippen molar-refractivity contribution in [1.82, 2.24) is 9.88 Å². The minimum atomic E-state index is -0.469. The molecule has 0 spiro atoms. The molecule has 162 valence electrons. The number of amides is 1. The Morgan fingerprint density at radius 3 is 2.10 bits per heavy atom. The van der Waals surface area contributed by atoms with Crippen LogP contribution in [0.25, 0.3) is 0 Å². The topological polar surface area (TPSA) is 64.1 Å². The number of pyridine rings is 1. The first-order valence-electron chi connectivity index (χ1n) is 9.90. The van der Waals surface area contributed by atoms with Gasteiger partial charge in [0.2, 0.25) is 12.7 Å². The van der Waals surface area contributed by atoms with E-state index in [1.165, 1.54) is 0 Å². The van der Waals surface area contributed by atoms with Gasteiger partial charge in [0.05, 0.1) is 7.11 Å². The largest absolute Gasteiger partial charge is 0.497 e. The Balaban J connectivity index is 1.68. The van der Waals surface area contributed by atoms with Crippen LogP contribution in [0.4, 0.5) is 10.5 Å². The molecule has 2 aromatic carbocycles. The fraction of sp³-hybridized carbons (Fsp3) is 0.250. The van der Waals surface area contributed by atoms with E-state index in [-0.39, 0.29) is 6.79 Å². The minimum Gasteiger partial charge on any atom is -0.497 e. The number of hydrogen-bond donors (Lipinski definition) is 0. The maximum atomic E-state index is 12.8. The summed E-state index contributed by atoms with van der Waals surface area (Å²) in [5.41, 5.74) is 3.06. The lowest BCUT2D eigenvalue weighted by Gasteiger charge is -2.23. The molecule has 0 radical (unpaired) electrons. The molecule has 0 N–H and O–H groups in total. The van der Waals surface area contributed by atoms with E-state index >= 15 is 0 Å². The van der Waals surface area contributed by atoms with Gasteiger partial charge in [-0.2, -0.15) is 0 Å². The van der Waals surface area contributed by atoms with Gasteiger partial charge in [0, 0.05) is 45.1 Å². The first-order valence-corrected chi connectivity index (χ1v) is 9.90. The molecule has 0 aliphatic heterocycles.